The summed E-state index contributed by atoms with van der Waals surface area (Å²) in [7, 11) is 1.57. The topological polar surface area (TPSA) is 79.7 Å². The van der Waals surface area contributed by atoms with E-state index < -0.39 is 17.7 Å². The summed E-state index contributed by atoms with van der Waals surface area (Å²) in [5.41, 5.74) is 3.95. The first-order chi connectivity index (χ1) is 15.7. The molecule has 1 amide bonds. The Morgan fingerprint density at radius 3 is 2.33 bits per heavy atom. The molecule has 1 aliphatic heterocycles. The van der Waals surface area contributed by atoms with Crippen LogP contribution in [-0.2, 0) is 9.59 Å². The Bertz CT molecular complexity index is 1300. The molecule has 1 aliphatic rings. The van der Waals surface area contributed by atoms with Gasteiger partial charge in [-0.15, -0.1) is 0 Å². The Morgan fingerprint density at radius 1 is 1.00 bits per heavy atom. The van der Waals surface area contributed by atoms with Gasteiger partial charge in [0.05, 0.1) is 18.7 Å². The van der Waals surface area contributed by atoms with Crippen molar-refractivity contribution in [3.63, 3.8) is 0 Å². The summed E-state index contributed by atoms with van der Waals surface area (Å²) in [6, 6.07) is 11.3. The number of hydrogen-bond acceptors (Lipinski definition) is 5. The number of pyridine rings is 1. The van der Waals surface area contributed by atoms with Gasteiger partial charge in [-0.25, -0.2) is 0 Å². The first kappa shape index (κ1) is 22.6. The second kappa shape index (κ2) is 8.71. The lowest BCUT2D eigenvalue weighted by molar-refractivity contribution is -0.132. The average molecular weight is 463 g/mol. The number of aliphatic hydroxyl groups is 1. The van der Waals surface area contributed by atoms with Crippen LogP contribution in [0.1, 0.15) is 33.9 Å². The number of Topliss-reactive ketones (excluding diaryl/α,β-unsaturated/α-hetero) is 1. The van der Waals surface area contributed by atoms with Crippen molar-refractivity contribution in [3.05, 3.63) is 93.3 Å². The summed E-state index contributed by atoms with van der Waals surface area (Å²) in [5, 5.41) is 11.8. The van der Waals surface area contributed by atoms with Gasteiger partial charge in [-0.05, 0) is 79.4 Å². The number of benzene rings is 2. The third kappa shape index (κ3) is 3.87. The predicted molar refractivity (Wildman–Crippen MR) is 128 cm³/mol. The zero-order chi connectivity index (χ0) is 23.9. The smallest absolute Gasteiger partial charge is 0.300 e. The second-order valence-corrected chi connectivity index (χ2v) is 8.43. The van der Waals surface area contributed by atoms with Crippen molar-refractivity contribution < 1.29 is 19.4 Å². The van der Waals surface area contributed by atoms with E-state index in [-0.39, 0.29) is 11.3 Å². The van der Waals surface area contributed by atoms with Crippen molar-refractivity contribution in [2.75, 3.05) is 12.0 Å². The van der Waals surface area contributed by atoms with Crippen LogP contribution in [-0.4, -0.2) is 28.9 Å². The maximum atomic E-state index is 13.3. The number of nitrogens with zero attached hydrogens (tertiary/aromatic N) is 2. The predicted octanol–water partition coefficient (Wildman–Crippen LogP) is 5.30. The van der Waals surface area contributed by atoms with E-state index in [1.807, 2.05) is 20.8 Å². The number of anilines is 1. The Kier molecular flexibility index (Phi) is 5.95. The van der Waals surface area contributed by atoms with E-state index in [4.69, 9.17) is 16.3 Å². The standard InChI is InChI=1S/C26H23ClN2O4/c1-14-5-6-18(13-20(14)27)29-23(17-7-9-28-10-8-17)22(25(31)26(29)32)24(30)19-11-16(3)21(33-4)12-15(19)2/h5-13,23,30H,1-4H3/b24-22+. The highest BCUT2D eigenvalue weighted by atomic mass is 35.5. The largest absolute Gasteiger partial charge is 0.507 e. The average Bonchev–Trinajstić information content (AvgIpc) is 3.07. The molecule has 1 saturated heterocycles. The molecule has 1 N–H and O–H groups in total. The van der Waals surface area contributed by atoms with Crippen molar-refractivity contribution in [1.29, 1.82) is 0 Å². The SMILES string of the molecule is COc1cc(C)c(/C(O)=C2\C(=O)C(=O)N(c3ccc(C)c(Cl)c3)C2c2ccncc2)cc1C. The van der Waals surface area contributed by atoms with Crippen molar-refractivity contribution >= 4 is 34.7 Å². The van der Waals surface area contributed by atoms with E-state index in [1.165, 1.54) is 4.90 Å². The molecular weight excluding hydrogens is 440 g/mol. The molecule has 33 heavy (non-hydrogen) atoms. The lowest BCUT2D eigenvalue weighted by Gasteiger charge is -2.26. The van der Waals surface area contributed by atoms with Gasteiger partial charge in [0.15, 0.2) is 0 Å². The van der Waals surface area contributed by atoms with Crippen LogP contribution in [0.2, 0.25) is 5.02 Å². The van der Waals surface area contributed by atoms with Gasteiger partial charge in [-0.2, -0.15) is 0 Å². The number of hydrogen-bond donors (Lipinski definition) is 1. The van der Waals surface area contributed by atoms with Gasteiger partial charge in [-0.3, -0.25) is 19.5 Å². The van der Waals surface area contributed by atoms with E-state index in [0.717, 1.165) is 11.1 Å². The number of halogens is 1. The van der Waals surface area contributed by atoms with Gasteiger partial charge in [0.1, 0.15) is 11.5 Å². The fourth-order valence-corrected chi connectivity index (χ4v) is 4.28. The minimum atomic E-state index is -0.839. The van der Waals surface area contributed by atoms with E-state index in [0.29, 0.717) is 33.1 Å². The monoisotopic (exact) mass is 462 g/mol. The maximum Gasteiger partial charge on any atom is 0.300 e. The number of carbonyl (C=O) groups is 2. The van der Waals surface area contributed by atoms with Crippen molar-refractivity contribution in [1.82, 2.24) is 4.98 Å². The highest BCUT2D eigenvalue weighted by Gasteiger charge is 2.47. The fraction of sp³-hybridized carbons (Fsp3) is 0.192. The molecule has 1 fully saturated rings. The Balaban J connectivity index is 1.97. The summed E-state index contributed by atoms with van der Waals surface area (Å²) >= 11 is 6.33. The molecule has 4 rings (SSSR count). The fourth-order valence-electron chi connectivity index (χ4n) is 4.10. The van der Waals surface area contributed by atoms with Crippen LogP contribution < -0.4 is 9.64 Å². The third-order valence-corrected chi connectivity index (χ3v) is 6.30. The van der Waals surface area contributed by atoms with Gasteiger partial charge in [0, 0.05) is 28.7 Å². The lowest BCUT2D eigenvalue weighted by Crippen LogP contribution is -2.29. The van der Waals surface area contributed by atoms with Gasteiger partial charge in [0.25, 0.3) is 11.7 Å². The number of aryl methyl sites for hydroxylation is 3. The zero-order valence-electron chi connectivity index (χ0n) is 18.7. The number of methoxy groups -OCH3 is 1. The van der Waals surface area contributed by atoms with E-state index in [2.05, 4.69) is 4.98 Å². The highest BCUT2D eigenvalue weighted by molar-refractivity contribution is 6.51. The molecule has 0 aliphatic carbocycles. The summed E-state index contributed by atoms with van der Waals surface area (Å²) in [4.78, 5) is 31.9. The quantitative estimate of drug-likeness (QED) is 0.323. The molecule has 0 bridgehead atoms. The van der Waals surface area contributed by atoms with Crippen LogP contribution in [0.5, 0.6) is 5.75 Å². The minimum Gasteiger partial charge on any atom is -0.507 e. The molecule has 1 unspecified atom stereocenters. The number of carbonyl (C=O) groups excluding carboxylic acids is 2. The molecular formula is C26H23ClN2O4. The van der Waals surface area contributed by atoms with E-state index in [1.54, 1.807) is 62.0 Å². The molecule has 2 heterocycles. The summed E-state index contributed by atoms with van der Waals surface area (Å²) in [5.74, 6) is -1.07. The molecule has 1 aromatic heterocycles. The van der Waals surface area contributed by atoms with Crippen LogP contribution in [0.15, 0.2) is 60.4 Å². The normalized spacial score (nSPS) is 17.5. The van der Waals surface area contributed by atoms with E-state index >= 15 is 0 Å². The molecule has 0 radical (unpaired) electrons. The Labute approximate surface area is 197 Å². The Hall–Kier alpha value is -3.64. The maximum absolute atomic E-state index is 13.3. The molecule has 7 heteroatoms. The second-order valence-electron chi connectivity index (χ2n) is 8.02. The highest BCUT2D eigenvalue weighted by Crippen LogP contribution is 2.43. The number of aromatic nitrogens is 1. The summed E-state index contributed by atoms with van der Waals surface area (Å²) < 4.78 is 5.36. The molecule has 3 aromatic rings. The molecule has 1 atom stereocenters. The van der Waals surface area contributed by atoms with Crippen molar-refractivity contribution in [2.45, 2.75) is 26.8 Å². The van der Waals surface area contributed by atoms with Crippen LogP contribution in [0, 0.1) is 20.8 Å². The van der Waals surface area contributed by atoms with Crippen molar-refractivity contribution in [3.8, 4) is 5.75 Å². The number of ketones is 1. The number of amides is 1. The van der Waals surface area contributed by atoms with Crippen LogP contribution >= 0.6 is 11.6 Å². The van der Waals surface area contributed by atoms with Gasteiger partial charge < -0.3 is 9.84 Å². The van der Waals surface area contributed by atoms with Crippen molar-refractivity contribution in [2.24, 2.45) is 0 Å². The van der Waals surface area contributed by atoms with E-state index in [9.17, 15) is 14.7 Å². The number of rotatable bonds is 4. The first-order valence-electron chi connectivity index (χ1n) is 10.4. The minimum absolute atomic E-state index is 0.00978. The lowest BCUT2D eigenvalue weighted by atomic mass is 9.93. The summed E-state index contributed by atoms with van der Waals surface area (Å²) in [6.07, 6.45) is 3.17. The summed E-state index contributed by atoms with van der Waals surface area (Å²) in [6.45, 7) is 5.52. The van der Waals surface area contributed by atoms with Gasteiger partial charge in [-0.1, -0.05) is 17.7 Å². The van der Waals surface area contributed by atoms with Gasteiger partial charge >= 0.3 is 0 Å². The zero-order valence-corrected chi connectivity index (χ0v) is 19.5. The number of aliphatic hydroxyl groups excluding tert-OH is 1. The number of ether oxygens (including phenoxy) is 1. The first-order valence-corrected chi connectivity index (χ1v) is 10.7. The molecule has 6 nitrogen and oxygen atoms in total. The van der Waals surface area contributed by atoms with Crippen LogP contribution in [0.4, 0.5) is 5.69 Å². The third-order valence-electron chi connectivity index (χ3n) is 5.90. The molecule has 0 saturated carbocycles. The Morgan fingerprint density at radius 2 is 1.70 bits per heavy atom. The molecule has 2 aromatic carbocycles. The van der Waals surface area contributed by atoms with Crippen LogP contribution in [0.3, 0.4) is 0 Å². The molecule has 0 spiro atoms. The molecule has 168 valence electrons. The van der Waals surface area contributed by atoms with Gasteiger partial charge in [0.2, 0.25) is 0 Å². The van der Waals surface area contributed by atoms with Crippen LogP contribution in [0.25, 0.3) is 5.76 Å².